The van der Waals surface area contributed by atoms with Crippen molar-refractivity contribution >= 4 is 65.4 Å². The van der Waals surface area contributed by atoms with Crippen molar-refractivity contribution in [2.45, 2.75) is 0 Å². The fourth-order valence-corrected chi connectivity index (χ4v) is 10.7. The van der Waals surface area contributed by atoms with Gasteiger partial charge in [0.25, 0.3) is 0 Å². The van der Waals surface area contributed by atoms with Gasteiger partial charge in [-0.05, 0) is 129 Å². The number of hydrogen-bond donors (Lipinski definition) is 2. The molecule has 2 aliphatic heterocycles. The zero-order valence-corrected chi connectivity index (χ0v) is 34.4. The molecule has 6 aromatic carbocycles. The molecule has 0 fully saturated rings. The highest BCUT2D eigenvalue weighted by atomic mass is 15.0. The van der Waals surface area contributed by atoms with E-state index >= 15 is 0 Å². The number of H-pyrrole nitrogens is 2. The van der Waals surface area contributed by atoms with Crippen molar-refractivity contribution in [1.82, 2.24) is 29.1 Å². The van der Waals surface area contributed by atoms with Crippen molar-refractivity contribution in [2.75, 3.05) is 0 Å². The lowest BCUT2D eigenvalue weighted by molar-refractivity contribution is 1.17. The summed E-state index contributed by atoms with van der Waals surface area (Å²) in [4.78, 5) is 17.1. The van der Waals surface area contributed by atoms with E-state index in [1.54, 1.807) is 0 Å². The second-order valence-electron chi connectivity index (χ2n) is 16.7. The summed E-state index contributed by atoms with van der Waals surface area (Å²) in [5.41, 5.74) is 20.0. The Morgan fingerprint density at radius 1 is 0.328 bits per heavy atom. The maximum Gasteiger partial charge on any atom is 0.0963 e. The molecule has 0 saturated carbocycles. The van der Waals surface area contributed by atoms with E-state index < -0.39 is 0 Å². The standard InChI is InChI=1S/C58H36N6/c1-3-15-43-41(13-1)53(47-19-9-25-59-55(43)47)37-29-35(31-39(33-37)63-49-21-7-5-17-45(49)57-51(63)23-11-27-61-57)36-30-38(54-42-14-2-4-16-44(42)56-48(54)20-10-26-60-56)34-40(32-36)64-50-22-8-6-18-46(50)58-52(64)24-12-28-62-58/h1-34,59-60H. The Labute approximate surface area is 367 Å². The Morgan fingerprint density at radius 3 is 1.19 bits per heavy atom. The fraction of sp³-hybridized carbons (Fsp3) is 0. The number of benzene rings is 6. The summed E-state index contributed by atoms with van der Waals surface area (Å²) in [6.07, 6.45) is 7.84. The predicted molar refractivity (Wildman–Crippen MR) is 264 cm³/mol. The van der Waals surface area contributed by atoms with Crippen LogP contribution in [0.3, 0.4) is 0 Å². The number of nitrogens with zero attached hydrogens (tertiary/aromatic N) is 4. The minimum atomic E-state index is 0.986. The van der Waals surface area contributed by atoms with Crippen LogP contribution in [0.2, 0.25) is 0 Å². The Kier molecular flexibility index (Phi) is 7.30. The van der Waals surface area contributed by atoms with Crippen LogP contribution in [0.4, 0.5) is 0 Å². The highest BCUT2D eigenvalue weighted by Crippen LogP contribution is 2.48. The number of aromatic nitrogens is 6. The van der Waals surface area contributed by atoms with Gasteiger partial charge in [-0.25, -0.2) is 0 Å². The first-order valence-corrected chi connectivity index (χ1v) is 21.7. The third-order valence-corrected chi connectivity index (χ3v) is 13.3. The van der Waals surface area contributed by atoms with Crippen LogP contribution in [0.15, 0.2) is 207 Å². The van der Waals surface area contributed by atoms with Crippen LogP contribution in [-0.2, 0) is 0 Å². The zero-order valence-electron chi connectivity index (χ0n) is 34.4. The van der Waals surface area contributed by atoms with Crippen LogP contribution in [-0.4, -0.2) is 29.1 Å². The molecule has 298 valence electrons. The molecule has 0 unspecified atom stereocenters. The monoisotopic (exact) mass is 816 g/mol. The Hall–Kier alpha value is -8.74. The van der Waals surface area contributed by atoms with Gasteiger partial charge in [0.2, 0.25) is 0 Å². The van der Waals surface area contributed by atoms with Crippen LogP contribution in [0.1, 0.15) is 0 Å². The second kappa shape index (κ2) is 13.4. The number of rotatable bonds is 5. The van der Waals surface area contributed by atoms with E-state index in [2.05, 4.69) is 189 Å². The molecule has 64 heavy (non-hydrogen) atoms. The number of aromatic amines is 2. The highest BCUT2D eigenvalue weighted by Gasteiger charge is 2.24. The molecule has 4 aromatic heterocycles. The van der Waals surface area contributed by atoms with Gasteiger partial charge < -0.3 is 19.1 Å². The molecule has 6 heteroatoms. The molecule has 0 atom stereocenters. The Balaban J connectivity index is 1.12. The summed E-state index contributed by atoms with van der Waals surface area (Å²) in [5, 5.41) is 7.09. The third kappa shape index (κ3) is 4.96. The van der Waals surface area contributed by atoms with Crippen LogP contribution in [0.25, 0.3) is 133 Å². The van der Waals surface area contributed by atoms with Crippen LogP contribution in [0.5, 0.6) is 0 Å². The summed E-state index contributed by atoms with van der Waals surface area (Å²) >= 11 is 0. The maximum atomic E-state index is 4.93. The van der Waals surface area contributed by atoms with Gasteiger partial charge in [-0.2, -0.15) is 0 Å². The van der Waals surface area contributed by atoms with E-state index in [1.807, 2.05) is 36.9 Å². The fourth-order valence-electron chi connectivity index (χ4n) is 10.7. The SMILES string of the molecule is c1c[nH]c2c3ccccc3c(-c3cc(-c4cc(-c5c6ccc[nH]c-6c6ccccc56)cc(-n5c6ccccc6c6ncccc65)c4)cc(-n4c5ccccc5c5ncccc54)c3)c-2c1. The number of nitrogens with one attached hydrogen (secondary N) is 2. The highest BCUT2D eigenvalue weighted by molar-refractivity contribution is 6.16. The van der Waals surface area contributed by atoms with E-state index in [1.165, 1.54) is 43.8 Å². The van der Waals surface area contributed by atoms with Gasteiger partial charge in [-0.1, -0.05) is 97.1 Å². The topological polar surface area (TPSA) is 67.2 Å². The summed E-state index contributed by atoms with van der Waals surface area (Å²) in [6, 6.07) is 66.2. The number of pyridine rings is 4. The number of hydrogen-bond acceptors (Lipinski definition) is 2. The Bertz CT molecular complexity index is 3730. The van der Waals surface area contributed by atoms with Crippen LogP contribution < -0.4 is 0 Å². The first kappa shape index (κ1) is 34.9. The molecule has 14 rings (SSSR count). The molecular weight excluding hydrogens is 781 g/mol. The summed E-state index contributed by atoms with van der Waals surface area (Å²) < 4.78 is 4.78. The van der Waals surface area contributed by atoms with Crippen molar-refractivity contribution in [2.24, 2.45) is 0 Å². The van der Waals surface area contributed by atoms with Gasteiger partial charge in [0.05, 0.1) is 44.5 Å². The molecule has 0 radical (unpaired) electrons. The molecule has 0 bridgehead atoms. The van der Waals surface area contributed by atoms with E-state index in [4.69, 9.17) is 9.97 Å². The van der Waals surface area contributed by atoms with Crippen molar-refractivity contribution in [3.63, 3.8) is 0 Å². The van der Waals surface area contributed by atoms with Gasteiger partial charge in [-0.3, -0.25) is 9.97 Å². The van der Waals surface area contributed by atoms with Crippen molar-refractivity contribution in [3.05, 3.63) is 207 Å². The maximum absolute atomic E-state index is 4.93. The number of fused-ring (bicyclic) bond motifs is 12. The second-order valence-corrected chi connectivity index (χ2v) is 16.7. The van der Waals surface area contributed by atoms with Gasteiger partial charge in [-0.15, -0.1) is 0 Å². The molecule has 0 spiro atoms. The number of para-hydroxylation sites is 2. The van der Waals surface area contributed by atoms with Crippen molar-refractivity contribution in [1.29, 1.82) is 0 Å². The molecule has 0 amide bonds. The van der Waals surface area contributed by atoms with Gasteiger partial charge in [0.15, 0.2) is 0 Å². The van der Waals surface area contributed by atoms with Gasteiger partial charge in [0.1, 0.15) is 0 Å². The minimum absolute atomic E-state index is 0.986. The van der Waals surface area contributed by atoms with E-state index in [0.29, 0.717) is 0 Å². The van der Waals surface area contributed by atoms with Gasteiger partial charge >= 0.3 is 0 Å². The normalized spacial score (nSPS) is 12.1. The molecule has 0 saturated heterocycles. The Morgan fingerprint density at radius 2 is 0.719 bits per heavy atom. The van der Waals surface area contributed by atoms with E-state index in [-0.39, 0.29) is 0 Å². The molecule has 4 aliphatic rings. The van der Waals surface area contributed by atoms with Gasteiger partial charge in [0, 0.05) is 68.8 Å². The van der Waals surface area contributed by atoms with Crippen LogP contribution >= 0.6 is 0 Å². The van der Waals surface area contributed by atoms with Crippen molar-refractivity contribution < 1.29 is 0 Å². The smallest absolute Gasteiger partial charge is 0.0963 e. The molecule has 6 heterocycles. The molecule has 2 aliphatic carbocycles. The molecule has 2 N–H and O–H groups in total. The minimum Gasteiger partial charge on any atom is -0.361 e. The zero-order chi connectivity index (χ0) is 41.9. The summed E-state index contributed by atoms with van der Waals surface area (Å²) in [6.45, 7) is 0. The predicted octanol–water partition coefficient (Wildman–Crippen LogP) is 14.8. The average molecular weight is 817 g/mol. The largest absolute Gasteiger partial charge is 0.361 e. The lowest BCUT2D eigenvalue weighted by atomic mass is 9.92. The first-order valence-electron chi connectivity index (χ1n) is 21.7. The lowest BCUT2D eigenvalue weighted by Crippen LogP contribution is -1.98. The molecular formula is C58H36N6. The van der Waals surface area contributed by atoms with Crippen LogP contribution in [0, 0.1) is 0 Å². The summed E-state index contributed by atoms with van der Waals surface area (Å²) in [7, 11) is 0. The molecule has 6 nitrogen and oxygen atoms in total. The average Bonchev–Trinajstić information content (AvgIpc) is 4.09. The first-order chi connectivity index (χ1) is 31.8. The van der Waals surface area contributed by atoms with E-state index in [0.717, 1.165) is 88.9 Å². The lowest BCUT2D eigenvalue weighted by Gasteiger charge is -2.17. The summed E-state index contributed by atoms with van der Waals surface area (Å²) in [5.74, 6) is 0. The quantitative estimate of drug-likeness (QED) is 0.182. The third-order valence-electron chi connectivity index (χ3n) is 13.3. The molecule has 10 aromatic rings. The van der Waals surface area contributed by atoms with E-state index in [9.17, 15) is 0 Å². The van der Waals surface area contributed by atoms with Crippen molar-refractivity contribution in [3.8, 4) is 67.3 Å².